The van der Waals surface area contributed by atoms with E-state index in [1.807, 2.05) is 0 Å². The van der Waals surface area contributed by atoms with Crippen LogP contribution in [0.15, 0.2) is 0 Å². The molecule has 0 amide bonds. The van der Waals surface area contributed by atoms with Gasteiger partial charge in [-0.3, -0.25) is 24.1 Å². The second-order valence-electron chi connectivity index (χ2n) is 4.89. The maximum Gasteiger partial charge on any atom is 0.319 e. The van der Waals surface area contributed by atoms with Gasteiger partial charge in [-0.1, -0.05) is 0 Å². The van der Waals surface area contributed by atoms with Gasteiger partial charge in [-0.15, -0.1) is 0 Å². The Morgan fingerprint density at radius 2 is 1.57 bits per heavy atom. The Balaban J connectivity index is 5.30. The molecule has 10 nitrogen and oxygen atoms in total. The summed E-state index contributed by atoms with van der Waals surface area (Å²) >= 11 is 0. The lowest BCUT2D eigenvalue weighted by atomic mass is 9.97. The van der Waals surface area contributed by atoms with Gasteiger partial charge in [-0.05, 0) is 6.42 Å². The summed E-state index contributed by atoms with van der Waals surface area (Å²) in [6.07, 6.45) is -1.34. The number of carbonyl (C=O) groups excluding carboxylic acids is 2. The highest BCUT2D eigenvalue weighted by molar-refractivity contribution is 5.73. The first-order valence-corrected chi connectivity index (χ1v) is 6.75. The number of nitrogens with two attached hydrogens (primary N) is 1. The molecule has 132 valence electrons. The van der Waals surface area contributed by atoms with Gasteiger partial charge in [0.2, 0.25) is 0 Å². The van der Waals surface area contributed by atoms with Gasteiger partial charge in [-0.2, -0.15) is 0 Å². The molecule has 10 heteroatoms. The molecule has 1 unspecified atom stereocenters. The van der Waals surface area contributed by atoms with Gasteiger partial charge < -0.3 is 25.4 Å². The van der Waals surface area contributed by atoms with Crippen LogP contribution >= 0.6 is 0 Å². The van der Waals surface area contributed by atoms with E-state index in [9.17, 15) is 19.2 Å². The first-order valence-electron chi connectivity index (χ1n) is 6.75. The molecule has 0 heterocycles. The second kappa shape index (κ2) is 9.74. The molecule has 0 spiro atoms. The van der Waals surface area contributed by atoms with E-state index in [0.29, 0.717) is 0 Å². The summed E-state index contributed by atoms with van der Waals surface area (Å²) in [5.41, 5.74) is 4.43. The van der Waals surface area contributed by atoms with Crippen LogP contribution in [0.1, 0.15) is 25.7 Å². The van der Waals surface area contributed by atoms with Crippen LogP contribution < -0.4 is 5.73 Å². The van der Waals surface area contributed by atoms with E-state index in [1.54, 1.807) is 0 Å². The smallest absolute Gasteiger partial charge is 0.319 e. The first kappa shape index (κ1) is 20.8. The van der Waals surface area contributed by atoms with E-state index in [4.69, 9.17) is 15.9 Å². The fraction of sp³-hybridized carbons (Fsp3) is 0.692. The van der Waals surface area contributed by atoms with Crippen molar-refractivity contribution in [3.63, 3.8) is 0 Å². The number of carboxylic acids is 2. The van der Waals surface area contributed by atoms with E-state index >= 15 is 0 Å². The normalized spacial score (nSPS) is 13.2. The number of methoxy groups -OCH3 is 2. The fourth-order valence-electron chi connectivity index (χ4n) is 1.95. The topological polar surface area (TPSA) is 156 Å². The van der Waals surface area contributed by atoms with Gasteiger partial charge in [0.1, 0.15) is 0 Å². The average molecular weight is 334 g/mol. The molecule has 0 aromatic rings. The highest BCUT2D eigenvalue weighted by Crippen LogP contribution is 2.21. The van der Waals surface area contributed by atoms with Crippen molar-refractivity contribution >= 4 is 23.9 Å². The predicted molar refractivity (Wildman–Crippen MR) is 76.3 cm³/mol. The molecular formula is C13H22N2O8. The van der Waals surface area contributed by atoms with Gasteiger partial charge in [-0.25, -0.2) is 0 Å². The van der Waals surface area contributed by atoms with Crippen LogP contribution in [0.4, 0.5) is 0 Å². The minimum absolute atomic E-state index is 0.0782. The zero-order chi connectivity index (χ0) is 18.0. The highest BCUT2D eigenvalue weighted by Gasteiger charge is 2.37. The Morgan fingerprint density at radius 1 is 1.00 bits per heavy atom. The molecule has 23 heavy (non-hydrogen) atoms. The van der Waals surface area contributed by atoms with Gasteiger partial charge in [0.15, 0.2) is 0 Å². The Bertz CT molecular complexity index is 453. The summed E-state index contributed by atoms with van der Waals surface area (Å²) < 4.78 is 9.01. The summed E-state index contributed by atoms with van der Waals surface area (Å²) in [5, 5.41) is 17.8. The number of rotatable bonds is 11. The van der Waals surface area contributed by atoms with Crippen molar-refractivity contribution in [2.45, 2.75) is 31.3 Å². The lowest BCUT2D eigenvalue weighted by molar-refractivity contribution is -0.150. The number of carbonyl (C=O) groups is 4. The Labute approximate surface area is 133 Å². The lowest BCUT2D eigenvalue weighted by Gasteiger charge is -2.39. The summed E-state index contributed by atoms with van der Waals surface area (Å²) in [6, 6.07) is 0. The lowest BCUT2D eigenvalue weighted by Crippen LogP contribution is -2.59. The van der Waals surface area contributed by atoms with Gasteiger partial charge in [0.05, 0.1) is 39.3 Å². The third-order valence-corrected chi connectivity index (χ3v) is 3.22. The van der Waals surface area contributed by atoms with E-state index in [1.165, 1.54) is 12.0 Å². The molecule has 0 rings (SSSR count). The second-order valence-corrected chi connectivity index (χ2v) is 4.89. The largest absolute Gasteiger partial charge is 0.481 e. The number of nitrogens with zero attached hydrogens (tertiary/aromatic N) is 1. The van der Waals surface area contributed by atoms with Crippen LogP contribution in [0, 0.1) is 0 Å². The summed E-state index contributed by atoms with van der Waals surface area (Å²) in [6.45, 7) is -0.456. The maximum absolute atomic E-state index is 11.5. The number of hydrogen-bond donors (Lipinski definition) is 3. The number of esters is 2. The van der Waals surface area contributed by atoms with Crippen molar-refractivity contribution in [2.75, 3.05) is 27.3 Å². The monoisotopic (exact) mass is 334 g/mol. The molecular weight excluding hydrogens is 312 g/mol. The van der Waals surface area contributed by atoms with Crippen molar-refractivity contribution in [1.82, 2.24) is 4.90 Å². The number of aliphatic carboxylic acids is 2. The Kier molecular flexibility index (Phi) is 8.81. The van der Waals surface area contributed by atoms with Crippen molar-refractivity contribution < 1.29 is 38.9 Å². The molecule has 0 saturated heterocycles. The third-order valence-electron chi connectivity index (χ3n) is 3.22. The molecule has 0 fully saturated rings. The molecule has 0 saturated carbocycles. The quantitative estimate of drug-likeness (QED) is 0.317. The zero-order valence-electron chi connectivity index (χ0n) is 13.1. The molecule has 0 aromatic heterocycles. The van der Waals surface area contributed by atoms with Gasteiger partial charge in [0.25, 0.3) is 0 Å². The molecule has 0 radical (unpaired) electrons. The van der Waals surface area contributed by atoms with E-state index in [-0.39, 0.29) is 32.4 Å². The van der Waals surface area contributed by atoms with E-state index in [0.717, 1.165) is 7.11 Å². The standard InChI is InChI=1S/C13H22N2O8/c1-22-11(20)4-6-15(8-12(21)23-2)13(14,7-10(18)19)5-3-9(16)17/h3-8,14H2,1-2H3,(H,16,17)(H,18,19). The highest BCUT2D eigenvalue weighted by atomic mass is 16.5. The van der Waals surface area contributed by atoms with Crippen molar-refractivity contribution in [2.24, 2.45) is 5.73 Å². The van der Waals surface area contributed by atoms with Crippen LogP contribution in [0.5, 0.6) is 0 Å². The third kappa shape index (κ3) is 8.12. The van der Waals surface area contributed by atoms with Crippen LogP contribution in [-0.4, -0.2) is 72.0 Å². The molecule has 0 aliphatic heterocycles. The van der Waals surface area contributed by atoms with E-state index < -0.39 is 36.0 Å². The minimum Gasteiger partial charge on any atom is -0.481 e. The minimum atomic E-state index is -1.62. The molecule has 0 aliphatic carbocycles. The van der Waals surface area contributed by atoms with E-state index in [2.05, 4.69) is 9.47 Å². The Hall–Kier alpha value is -2.20. The predicted octanol–water partition coefficient (Wildman–Crippen LogP) is -0.981. The van der Waals surface area contributed by atoms with Crippen molar-refractivity contribution in [3.05, 3.63) is 0 Å². The number of hydrogen-bond acceptors (Lipinski definition) is 8. The van der Waals surface area contributed by atoms with Crippen LogP contribution in [0.2, 0.25) is 0 Å². The number of ether oxygens (including phenoxy) is 2. The maximum atomic E-state index is 11.5. The molecule has 1 atom stereocenters. The van der Waals surface area contributed by atoms with Crippen LogP contribution in [-0.2, 0) is 28.7 Å². The fourth-order valence-corrected chi connectivity index (χ4v) is 1.95. The molecule has 0 aliphatic rings. The van der Waals surface area contributed by atoms with Crippen LogP contribution in [0.25, 0.3) is 0 Å². The van der Waals surface area contributed by atoms with Crippen LogP contribution in [0.3, 0.4) is 0 Å². The summed E-state index contributed by atoms with van der Waals surface area (Å²) in [7, 11) is 2.33. The summed E-state index contributed by atoms with van der Waals surface area (Å²) in [4.78, 5) is 45.8. The molecule has 0 bridgehead atoms. The zero-order valence-corrected chi connectivity index (χ0v) is 13.1. The molecule has 4 N–H and O–H groups in total. The van der Waals surface area contributed by atoms with Crippen molar-refractivity contribution in [3.8, 4) is 0 Å². The van der Waals surface area contributed by atoms with Gasteiger partial charge in [0, 0.05) is 13.0 Å². The Morgan fingerprint density at radius 3 is 2.00 bits per heavy atom. The average Bonchev–Trinajstić information content (AvgIpc) is 2.47. The first-order chi connectivity index (χ1) is 10.6. The molecule has 0 aromatic carbocycles. The number of carboxylic acid groups (broad SMARTS) is 2. The van der Waals surface area contributed by atoms with Crippen molar-refractivity contribution in [1.29, 1.82) is 0 Å². The van der Waals surface area contributed by atoms with Gasteiger partial charge >= 0.3 is 23.9 Å². The SMILES string of the molecule is COC(=O)CCN(CC(=O)OC)C(N)(CCC(=O)O)CC(=O)O. The summed E-state index contributed by atoms with van der Waals surface area (Å²) in [5.74, 6) is -3.68.